The number of carboxylic acid groups (broad SMARTS) is 1. The molecule has 1 aliphatic heterocycles. The van der Waals surface area contributed by atoms with Gasteiger partial charge in [-0.15, -0.1) is 0 Å². The number of ether oxygens (including phenoxy) is 1. The maximum Gasteiger partial charge on any atom is 0.323 e. The second-order valence-corrected chi connectivity index (χ2v) is 6.19. The Hall–Kier alpha value is -1.26. The second kappa shape index (κ2) is 6.02. The Morgan fingerprint density at radius 3 is 2.65 bits per heavy atom. The predicted molar refractivity (Wildman–Crippen MR) is 79.5 cm³/mol. The summed E-state index contributed by atoms with van der Waals surface area (Å²) in [6.45, 7) is 4.73. The van der Waals surface area contributed by atoms with Crippen LogP contribution >= 0.6 is 11.6 Å². The molecule has 1 saturated heterocycles. The number of rotatable bonds is 4. The summed E-state index contributed by atoms with van der Waals surface area (Å²) in [5.74, 6) is -0.829. The van der Waals surface area contributed by atoms with E-state index in [9.17, 15) is 4.79 Å². The summed E-state index contributed by atoms with van der Waals surface area (Å²) in [5, 5.41) is 9.81. The molecule has 5 heteroatoms. The first-order valence-electron chi connectivity index (χ1n) is 6.75. The monoisotopic (exact) mass is 297 g/mol. The average molecular weight is 298 g/mol. The standard InChI is InChI=1S/C15H20ClNO3/c1-15(2)9-13(7-8-20-15)17(10-14(18)19)12-5-3-11(16)4-6-12/h3-6,13H,7-10H2,1-2H3,(H,18,19). The molecule has 0 spiro atoms. The largest absolute Gasteiger partial charge is 0.480 e. The molecular weight excluding hydrogens is 278 g/mol. The Morgan fingerprint density at radius 1 is 1.45 bits per heavy atom. The first-order valence-corrected chi connectivity index (χ1v) is 7.13. The number of benzene rings is 1. The van der Waals surface area contributed by atoms with Crippen molar-refractivity contribution in [1.82, 2.24) is 0 Å². The number of aliphatic carboxylic acids is 1. The highest BCUT2D eigenvalue weighted by molar-refractivity contribution is 6.30. The molecule has 0 amide bonds. The zero-order chi connectivity index (χ0) is 14.8. The van der Waals surface area contributed by atoms with Gasteiger partial charge in [-0.25, -0.2) is 0 Å². The Balaban J connectivity index is 2.23. The minimum absolute atomic E-state index is 0.0115. The molecule has 0 bridgehead atoms. The topological polar surface area (TPSA) is 49.8 Å². The third-order valence-electron chi connectivity index (χ3n) is 3.58. The molecule has 1 aromatic carbocycles. The Bertz CT molecular complexity index is 473. The molecule has 4 nitrogen and oxygen atoms in total. The van der Waals surface area contributed by atoms with E-state index in [1.165, 1.54) is 0 Å². The van der Waals surface area contributed by atoms with Crippen LogP contribution in [0.4, 0.5) is 5.69 Å². The van der Waals surface area contributed by atoms with E-state index < -0.39 is 5.97 Å². The minimum atomic E-state index is -0.829. The van der Waals surface area contributed by atoms with Crippen molar-refractivity contribution in [2.24, 2.45) is 0 Å². The Labute approximate surface area is 124 Å². The first kappa shape index (κ1) is 15.1. The molecule has 0 aliphatic carbocycles. The summed E-state index contributed by atoms with van der Waals surface area (Å²) in [6.07, 6.45) is 1.64. The van der Waals surface area contributed by atoms with Crippen LogP contribution in [0.15, 0.2) is 24.3 Å². The molecule has 1 atom stereocenters. The molecule has 0 aromatic heterocycles. The third-order valence-corrected chi connectivity index (χ3v) is 3.83. The van der Waals surface area contributed by atoms with Crippen LogP contribution in [-0.4, -0.2) is 35.9 Å². The summed E-state index contributed by atoms with van der Waals surface area (Å²) >= 11 is 5.90. The quantitative estimate of drug-likeness (QED) is 0.927. The number of hydrogen-bond donors (Lipinski definition) is 1. The van der Waals surface area contributed by atoms with Crippen LogP contribution < -0.4 is 4.90 Å². The first-order chi connectivity index (χ1) is 9.37. The number of nitrogens with zero attached hydrogens (tertiary/aromatic N) is 1. The number of carbonyl (C=O) groups is 1. The van der Waals surface area contributed by atoms with Gasteiger partial charge in [-0.1, -0.05) is 11.6 Å². The molecule has 1 heterocycles. The van der Waals surface area contributed by atoms with Gasteiger partial charge in [0, 0.05) is 23.4 Å². The maximum absolute atomic E-state index is 11.2. The van der Waals surface area contributed by atoms with Gasteiger partial charge < -0.3 is 14.7 Å². The van der Waals surface area contributed by atoms with Gasteiger partial charge in [0.2, 0.25) is 0 Å². The van der Waals surface area contributed by atoms with Crippen LogP contribution in [0.5, 0.6) is 0 Å². The van der Waals surface area contributed by atoms with E-state index in [0.29, 0.717) is 11.6 Å². The third kappa shape index (κ3) is 3.87. The van der Waals surface area contributed by atoms with Gasteiger partial charge in [0.25, 0.3) is 0 Å². The van der Waals surface area contributed by atoms with Crippen LogP contribution in [0.2, 0.25) is 5.02 Å². The molecule has 1 aromatic rings. The van der Waals surface area contributed by atoms with Crippen molar-refractivity contribution in [2.45, 2.75) is 38.3 Å². The SMILES string of the molecule is CC1(C)CC(N(CC(=O)O)c2ccc(Cl)cc2)CCO1. The predicted octanol–water partition coefficient (Wildman–Crippen LogP) is 3.19. The van der Waals surface area contributed by atoms with Crippen LogP contribution in [0.1, 0.15) is 26.7 Å². The van der Waals surface area contributed by atoms with Crippen LogP contribution in [-0.2, 0) is 9.53 Å². The summed E-state index contributed by atoms with van der Waals surface area (Å²) < 4.78 is 5.71. The van der Waals surface area contributed by atoms with E-state index in [1.807, 2.05) is 30.9 Å². The molecular formula is C15H20ClNO3. The maximum atomic E-state index is 11.2. The van der Waals surface area contributed by atoms with Crippen LogP contribution in [0.3, 0.4) is 0 Å². The van der Waals surface area contributed by atoms with Gasteiger partial charge in [-0.3, -0.25) is 4.79 Å². The van der Waals surface area contributed by atoms with E-state index in [0.717, 1.165) is 18.5 Å². The van der Waals surface area contributed by atoms with Crippen molar-refractivity contribution in [1.29, 1.82) is 0 Å². The number of anilines is 1. The Morgan fingerprint density at radius 2 is 2.10 bits per heavy atom. The van der Waals surface area contributed by atoms with E-state index in [4.69, 9.17) is 21.4 Å². The van der Waals surface area contributed by atoms with Gasteiger partial charge in [-0.05, 0) is 51.0 Å². The van der Waals surface area contributed by atoms with Gasteiger partial charge in [0.15, 0.2) is 0 Å². The molecule has 20 heavy (non-hydrogen) atoms. The van der Waals surface area contributed by atoms with E-state index in [2.05, 4.69) is 0 Å². The zero-order valence-corrected chi connectivity index (χ0v) is 12.6. The van der Waals surface area contributed by atoms with E-state index in [1.54, 1.807) is 12.1 Å². The lowest BCUT2D eigenvalue weighted by molar-refractivity contribution is -0.135. The highest BCUT2D eigenvalue weighted by atomic mass is 35.5. The smallest absolute Gasteiger partial charge is 0.323 e. The molecule has 1 unspecified atom stereocenters. The number of carboxylic acids is 1. The van der Waals surface area contributed by atoms with Crippen molar-refractivity contribution in [2.75, 3.05) is 18.1 Å². The normalized spacial score (nSPS) is 21.4. The van der Waals surface area contributed by atoms with E-state index >= 15 is 0 Å². The van der Waals surface area contributed by atoms with Gasteiger partial charge in [-0.2, -0.15) is 0 Å². The number of halogens is 1. The average Bonchev–Trinajstić information content (AvgIpc) is 2.36. The fourth-order valence-electron chi connectivity index (χ4n) is 2.68. The number of hydrogen-bond acceptors (Lipinski definition) is 3. The van der Waals surface area contributed by atoms with Crippen molar-refractivity contribution >= 4 is 23.3 Å². The molecule has 1 N–H and O–H groups in total. The molecule has 1 aliphatic rings. The molecule has 0 saturated carbocycles. The lowest BCUT2D eigenvalue weighted by Crippen LogP contribution is -2.48. The van der Waals surface area contributed by atoms with Gasteiger partial charge in [0.05, 0.1) is 5.60 Å². The van der Waals surface area contributed by atoms with Crippen molar-refractivity contribution < 1.29 is 14.6 Å². The fraction of sp³-hybridized carbons (Fsp3) is 0.533. The lowest BCUT2D eigenvalue weighted by atomic mass is 9.92. The molecule has 110 valence electrons. The van der Waals surface area contributed by atoms with Gasteiger partial charge >= 0.3 is 5.97 Å². The second-order valence-electron chi connectivity index (χ2n) is 5.75. The summed E-state index contributed by atoms with van der Waals surface area (Å²) in [7, 11) is 0. The summed E-state index contributed by atoms with van der Waals surface area (Å²) in [6, 6.07) is 7.48. The van der Waals surface area contributed by atoms with Gasteiger partial charge in [0.1, 0.15) is 6.54 Å². The minimum Gasteiger partial charge on any atom is -0.480 e. The zero-order valence-electron chi connectivity index (χ0n) is 11.8. The van der Waals surface area contributed by atoms with E-state index in [-0.39, 0.29) is 18.2 Å². The molecule has 0 radical (unpaired) electrons. The lowest BCUT2D eigenvalue weighted by Gasteiger charge is -2.41. The van der Waals surface area contributed by atoms with Crippen molar-refractivity contribution in [3.63, 3.8) is 0 Å². The fourth-order valence-corrected chi connectivity index (χ4v) is 2.80. The van der Waals surface area contributed by atoms with Crippen LogP contribution in [0.25, 0.3) is 0 Å². The highest BCUT2D eigenvalue weighted by Gasteiger charge is 2.33. The Kier molecular flexibility index (Phi) is 4.55. The highest BCUT2D eigenvalue weighted by Crippen LogP contribution is 2.30. The van der Waals surface area contributed by atoms with Crippen molar-refractivity contribution in [3.8, 4) is 0 Å². The van der Waals surface area contributed by atoms with Crippen molar-refractivity contribution in [3.05, 3.63) is 29.3 Å². The summed E-state index contributed by atoms with van der Waals surface area (Å²) in [5.41, 5.74) is 0.672. The molecule has 1 fully saturated rings. The molecule has 2 rings (SSSR count). The van der Waals surface area contributed by atoms with Crippen LogP contribution in [0, 0.1) is 0 Å². The summed E-state index contributed by atoms with van der Waals surface area (Å²) in [4.78, 5) is 13.1.